The number of ether oxygens (including phenoxy) is 1. The minimum atomic E-state index is -0.654. The topological polar surface area (TPSA) is 64.7 Å². The van der Waals surface area contributed by atoms with Crippen LogP contribution in [0.4, 0.5) is 0 Å². The van der Waals surface area contributed by atoms with E-state index in [1.807, 2.05) is 24.3 Å². The zero-order valence-corrected chi connectivity index (χ0v) is 13.3. The molecule has 4 nitrogen and oxygen atoms in total. The number of hydrogen-bond donors (Lipinski definition) is 2. The molecule has 1 aromatic carbocycles. The Hall–Kier alpha value is -0.745. The number of halogens is 1. The van der Waals surface area contributed by atoms with Gasteiger partial charge in [-0.05, 0) is 36.4 Å². The van der Waals surface area contributed by atoms with Gasteiger partial charge >= 0.3 is 7.48 Å². The number of unbranched alkanes of at least 4 members (excludes halogenated alkanes) is 1. The van der Waals surface area contributed by atoms with Crippen LogP contribution in [0.1, 0.15) is 25.3 Å². The Morgan fingerprint density at radius 1 is 1.33 bits per heavy atom. The molecule has 0 aliphatic heterocycles. The first-order valence-corrected chi connectivity index (χ1v) is 7.85. The predicted octanol–water partition coefficient (Wildman–Crippen LogP) is 2.35. The van der Waals surface area contributed by atoms with Gasteiger partial charge in [-0.25, -0.2) is 0 Å². The molecule has 0 saturated carbocycles. The van der Waals surface area contributed by atoms with Gasteiger partial charge in [0.2, 0.25) is 0 Å². The number of nitrogens with two attached hydrogens (primary N) is 1. The zero-order chi connectivity index (χ0) is 15.5. The third kappa shape index (κ3) is 7.18. The molecule has 0 aliphatic rings. The van der Waals surface area contributed by atoms with Gasteiger partial charge in [-0.3, -0.25) is 0 Å². The molecule has 0 heterocycles. The SMILES string of the molecule is CCCCOc1ccc(C[C@H]([B]OCN)[C@@H](O)CCl)cc1. The highest BCUT2D eigenvalue weighted by Gasteiger charge is 2.21. The molecule has 117 valence electrons. The minimum absolute atomic E-state index is 0.0930. The highest BCUT2D eigenvalue weighted by atomic mass is 35.5. The summed E-state index contributed by atoms with van der Waals surface area (Å²) in [6, 6.07) is 7.87. The summed E-state index contributed by atoms with van der Waals surface area (Å²) in [6.07, 6.45) is 2.16. The summed E-state index contributed by atoms with van der Waals surface area (Å²) < 4.78 is 10.7. The molecule has 0 amide bonds. The Morgan fingerprint density at radius 3 is 2.62 bits per heavy atom. The number of rotatable bonds is 11. The first kappa shape index (κ1) is 18.3. The summed E-state index contributed by atoms with van der Waals surface area (Å²) >= 11 is 5.71. The fourth-order valence-corrected chi connectivity index (χ4v) is 2.13. The van der Waals surface area contributed by atoms with E-state index < -0.39 is 6.10 Å². The molecule has 0 bridgehead atoms. The molecule has 0 unspecified atom stereocenters. The van der Waals surface area contributed by atoms with Crippen LogP contribution in [0.5, 0.6) is 5.75 Å². The van der Waals surface area contributed by atoms with E-state index in [1.54, 1.807) is 7.48 Å². The van der Waals surface area contributed by atoms with Crippen molar-refractivity contribution >= 4 is 19.1 Å². The molecule has 0 aromatic heterocycles. The summed E-state index contributed by atoms with van der Waals surface area (Å²) in [7, 11) is 1.57. The summed E-state index contributed by atoms with van der Waals surface area (Å²) in [5.41, 5.74) is 6.39. The highest BCUT2D eigenvalue weighted by molar-refractivity contribution is 6.30. The van der Waals surface area contributed by atoms with Crippen molar-refractivity contribution < 1.29 is 14.5 Å². The average molecular weight is 313 g/mol. The van der Waals surface area contributed by atoms with Crippen molar-refractivity contribution in [1.82, 2.24) is 0 Å². The highest BCUT2D eigenvalue weighted by Crippen LogP contribution is 2.21. The maximum Gasteiger partial charge on any atom is 0.300 e. The predicted molar refractivity (Wildman–Crippen MR) is 86.9 cm³/mol. The smallest absolute Gasteiger partial charge is 0.300 e. The fourth-order valence-electron chi connectivity index (χ4n) is 1.90. The Labute approximate surface area is 132 Å². The van der Waals surface area contributed by atoms with Crippen molar-refractivity contribution in [3.63, 3.8) is 0 Å². The summed E-state index contributed by atoms with van der Waals surface area (Å²) in [6.45, 7) is 2.96. The summed E-state index contributed by atoms with van der Waals surface area (Å²) in [4.78, 5) is 0. The van der Waals surface area contributed by atoms with Gasteiger partial charge in [0, 0.05) is 5.88 Å². The molecule has 1 radical (unpaired) electrons. The second-order valence-electron chi connectivity index (χ2n) is 4.91. The van der Waals surface area contributed by atoms with Crippen LogP contribution in [0, 0.1) is 0 Å². The molecular weight excluding hydrogens is 288 g/mol. The van der Waals surface area contributed by atoms with Crippen molar-refractivity contribution in [3.8, 4) is 5.75 Å². The monoisotopic (exact) mass is 312 g/mol. The van der Waals surface area contributed by atoms with E-state index in [-0.39, 0.29) is 18.4 Å². The number of alkyl halides is 1. The second kappa shape index (κ2) is 10.9. The molecule has 6 heteroatoms. The van der Waals surface area contributed by atoms with E-state index >= 15 is 0 Å². The number of hydrogen-bond acceptors (Lipinski definition) is 4. The molecule has 1 aromatic rings. The van der Waals surface area contributed by atoms with Crippen LogP contribution in [0.3, 0.4) is 0 Å². The lowest BCUT2D eigenvalue weighted by atomic mass is 9.72. The molecular formula is C15H24BClNO3. The van der Waals surface area contributed by atoms with Gasteiger partial charge in [-0.15, -0.1) is 11.6 Å². The number of aliphatic hydroxyl groups excluding tert-OH is 1. The van der Waals surface area contributed by atoms with Gasteiger partial charge in [0.05, 0.1) is 19.4 Å². The van der Waals surface area contributed by atoms with E-state index in [4.69, 9.17) is 26.7 Å². The minimum Gasteiger partial charge on any atom is -0.494 e. The van der Waals surface area contributed by atoms with Gasteiger partial charge in [-0.2, -0.15) is 0 Å². The van der Waals surface area contributed by atoms with Crippen LogP contribution in [-0.2, 0) is 11.1 Å². The Kier molecular flexibility index (Phi) is 9.51. The maximum atomic E-state index is 9.89. The molecule has 0 fully saturated rings. The van der Waals surface area contributed by atoms with Crippen LogP contribution in [0.2, 0.25) is 5.82 Å². The maximum absolute atomic E-state index is 9.89. The van der Waals surface area contributed by atoms with Crippen LogP contribution in [0.25, 0.3) is 0 Å². The van der Waals surface area contributed by atoms with Gasteiger partial charge in [-0.1, -0.05) is 25.5 Å². The van der Waals surface area contributed by atoms with Crippen molar-refractivity contribution in [2.45, 2.75) is 38.1 Å². The standard InChI is InChI=1S/C15H24BClNO3/c1-2-3-8-20-13-6-4-12(5-7-13)9-14(15(19)10-17)16-21-11-18/h4-7,14-15,19H,2-3,8-11,18H2,1H3/t14-,15-/m0/s1. The number of benzene rings is 1. The van der Waals surface area contributed by atoms with Crippen LogP contribution >= 0.6 is 11.6 Å². The quantitative estimate of drug-likeness (QED) is 0.285. The van der Waals surface area contributed by atoms with E-state index in [0.29, 0.717) is 6.42 Å². The lowest BCUT2D eigenvalue weighted by Crippen LogP contribution is -2.27. The molecule has 0 aliphatic carbocycles. The average Bonchev–Trinajstić information content (AvgIpc) is 2.52. The van der Waals surface area contributed by atoms with Crippen LogP contribution in [0.15, 0.2) is 24.3 Å². The van der Waals surface area contributed by atoms with Crippen molar-refractivity contribution in [3.05, 3.63) is 29.8 Å². The molecule has 21 heavy (non-hydrogen) atoms. The summed E-state index contributed by atoms with van der Waals surface area (Å²) in [5, 5.41) is 9.89. The van der Waals surface area contributed by atoms with E-state index in [9.17, 15) is 5.11 Å². The fraction of sp³-hybridized carbons (Fsp3) is 0.600. The Balaban J connectivity index is 2.54. The molecule has 1 rings (SSSR count). The van der Waals surface area contributed by atoms with E-state index in [2.05, 4.69) is 6.92 Å². The normalized spacial score (nSPS) is 13.7. The van der Waals surface area contributed by atoms with E-state index in [0.717, 1.165) is 30.8 Å². The molecule has 0 spiro atoms. The van der Waals surface area contributed by atoms with Crippen molar-refractivity contribution in [1.29, 1.82) is 0 Å². The zero-order valence-electron chi connectivity index (χ0n) is 12.5. The van der Waals surface area contributed by atoms with E-state index in [1.165, 1.54) is 0 Å². The summed E-state index contributed by atoms with van der Waals surface area (Å²) in [5.74, 6) is 0.842. The van der Waals surface area contributed by atoms with Gasteiger partial charge in [0.1, 0.15) is 5.75 Å². The van der Waals surface area contributed by atoms with Crippen LogP contribution < -0.4 is 10.5 Å². The Morgan fingerprint density at radius 2 is 2.05 bits per heavy atom. The molecule has 3 N–H and O–H groups in total. The Bertz CT molecular complexity index is 378. The lowest BCUT2D eigenvalue weighted by molar-refractivity contribution is 0.179. The third-order valence-corrected chi connectivity index (χ3v) is 3.50. The molecule has 2 atom stereocenters. The lowest BCUT2D eigenvalue weighted by Gasteiger charge is -2.20. The second-order valence-corrected chi connectivity index (χ2v) is 5.21. The van der Waals surface area contributed by atoms with Crippen LogP contribution in [-0.4, -0.2) is 37.9 Å². The molecule has 0 saturated heterocycles. The third-order valence-electron chi connectivity index (χ3n) is 3.18. The van der Waals surface area contributed by atoms with Gasteiger partial charge < -0.3 is 20.2 Å². The number of aliphatic hydroxyl groups is 1. The van der Waals surface area contributed by atoms with Crippen molar-refractivity contribution in [2.75, 3.05) is 19.2 Å². The first-order chi connectivity index (χ1) is 10.2. The van der Waals surface area contributed by atoms with Crippen molar-refractivity contribution in [2.24, 2.45) is 5.73 Å². The van der Waals surface area contributed by atoms with Gasteiger partial charge in [0.25, 0.3) is 0 Å². The van der Waals surface area contributed by atoms with Gasteiger partial charge in [0.15, 0.2) is 0 Å². The largest absolute Gasteiger partial charge is 0.494 e. The first-order valence-electron chi connectivity index (χ1n) is 7.32.